The van der Waals surface area contributed by atoms with Crippen molar-refractivity contribution in [2.75, 3.05) is 0 Å². The molecule has 4 nitrogen and oxygen atoms in total. The van der Waals surface area contributed by atoms with E-state index >= 15 is 0 Å². The van der Waals surface area contributed by atoms with Gasteiger partial charge in [-0.15, -0.1) is 0 Å². The second-order valence-corrected chi connectivity index (χ2v) is 25.5. The van der Waals surface area contributed by atoms with Gasteiger partial charge in [0, 0.05) is 85.2 Å². The van der Waals surface area contributed by atoms with Gasteiger partial charge in [0.1, 0.15) is 28.2 Å². The molecule has 0 aliphatic heterocycles. The molecule has 0 saturated heterocycles. The average molecular weight is 1270 g/mol. The maximum Gasteiger partial charge on any atom is 0.213 e. The minimum Gasteiger partial charge on any atom is -0.201 e. The van der Waals surface area contributed by atoms with Crippen molar-refractivity contribution in [3.63, 3.8) is 0 Å². The van der Waals surface area contributed by atoms with Crippen molar-refractivity contribution in [3.05, 3.63) is 333 Å². The lowest BCUT2D eigenvalue weighted by Crippen LogP contribution is -2.31. The summed E-state index contributed by atoms with van der Waals surface area (Å²) in [7, 11) is 7.87. The summed E-state index contributed by atoms with van der Waals surface area (Å²) in [6.07, 6.45) is 7.68. The second-order valence-electron chi connectivity index (χ2n) is 25.5. The number of aryl methyl sites for hydroxylation is 18. The van der Waals surface area contributed by atoms with E-state index in [1.165, 1.54) is 83.7 Å². The molecule has 0 aliphatic carbocycles. The van der Waals surface area contributed by atoms with E-state index in [0.29, 0.717) is 38.9 Å². The Balaban J connectivity index is 0.000000156. The van der Waals surface area contributed by atoms with E-state index < -0.39 is 27.4 Å². The molecule has 13 aromatic rings. The zero-order valence-electron chi connectivity index (χ0n) is 70.0. The van der Waals surface area contributed by atoms with Gasteiger partial charge in [-0.3, -0.25) is 0 Å². The molecule has 0 fully saturated rings. The maximum absolute atomic E-state index is 8.09. The average Bonchev–Trinajstić information content (AvgIpc) is 0.757. The standard InChI is InChI=1S/C27H26N.2C22H24N.C21H22N/c1-19-15-20(2)26(16-24(19)22-11-7-5-8-12-22)27-17-25(21(3)18-28(27)4)23-13-9-6-10-14-23;2*1-15-12-22(23(5)14-18(15)4)21-13-20(16(2)11-17(21)3)19-9-7-6-8-10-19;1-15-10-11-21(22(4)14-15)20-13-19(16(2)12-17(20)3)18-8-6-5-7-9-18/h5-18H,1-4H3;2*6-14H,1-5H3;5-14H,1-4H3/q4*+1/i1D3,3D3;2D3,4D3;;. The van der Waals surface area contributed by atoms with Crippen LogP contribution in [0.15, 0.2) is 255 Å². The van der Waals surface area contributed by atoms with Crippen LogP contribution in [-0.2, 0) is 28.2 Å². The van der Waals surface area contributed by atoms with E-state index in [0.717, 1.165) is 50.3 Å². The lowest BCUT2D eigenvalue weighted by atomic mass is 9.92. The Bertz CT molecular complexity index is 5290. The van der Waals surface area contributed by atoms with Gasteiger partial charge in [0.05, 0.1) is 0 Å². The topological polar surface area (TPSA) is 15.5 Å². The maximum atomic E-state index is 8.09. The van der Waals surface area contributed by atoms with E-state index in [-0.39, 0.29) is 5.56 Å². The van der Waals surface area contributed by atoms with Crippen molar-refractivity contribution in [1.29, 1.82) is 0 Å². The van der Waals surface area contributed by atoms with E-state index in [1.54, 1.807) is 40.6 Å². The molecule has 0 unspecified atom stereocenters. The third-order valence-electron chi connectivity index (χ3n) is 18.2. The highest BCUT2D eigenvalue weighted by Crippen LogP contribution is 2.37. The van der Waals surface area contributed by atoms with Gasteiger partial charge in [-0.05, 0) is 238 Å². The first-order chi connectivity index (χ1) is 50.9. The molecule has 13 rings (SSSR count). The summed E-state index contributed by atoms with van der Waals surface area (Å²) in [5.41, 5.74) is 30.8. The van der Waals surface area contributed by atoms with Crippen LogP contribution in [0.3, 0.4) is 0 Å². The number of nitrogens with zero attached hydrogens (tertiary/aromatic N) is 4. The van der Waals surface area contributed by atoms with E-state index in [4.69, 9.17) is 16.4 Å². The van der Waals surface area contributed by atoms with E-state index in [1.807, 2.05) is 143 Å². The molecule has 0 radical (unpaired) electrons. The molecular weight excluding hydrogens is 1160 g/mol. The molecule has 9 aromatic carbocycles. The van der Waals surface area contributed by atoms with Gasteiger partial charge >= 0.3 is 0 Å². The Morgan fingerprint density at radius 3 is 0.802 bits per heavy atom. The fourth-order valence-corrected chi connectivity index (χ4v) is 12.8. The minimum absolute atomic E-state index is 0.269. The molecular formula is C92H96N4+4. The van der Waals surface area contributed by atoms with Crippen LogP contribution in [-0.4, -0.2) is 0 Å². The second kappa shape index (κ2) is 30.3. The van der Waals surface area contributed by atoms with Crippen molar-refractivity contribution < 1.29 is 34.7 Å². The number of aromatic nitrogens is 4. The molecule has 4 heteroatoms. The number of hydrogen-bond acceptors (Lipinski definition) is 0. The predicted molar refractivity (Wildman–Crippen MR) is 406 cm³/mol. The predicted octanol–water partition coefficient (Wildman–Crippen LogP) is 21.4. The highest BCUT2D eigenvalue weighted by atomic mass is 14.9. The third-order valence-corrected chi connectivity index (χ3v) is 18.2. The summed E-state index contributed by atoms with van der Waals surface area (Å²) in [5.74, 6) is 0. The van der Waals surface area contributed by atoms with Gasteiger partial charge in [0.25, 0.3) is 0 Å². The van der Waals surface area contributed by atoms with Crippen LogP contribution in [0.4, 0.5) is 0 Å². The fourth-order valence-electron chi connectivity index (χ4n) is 12.8. The lowest BCUT2D eigenvalue weighted by molar-refractivity contribution is -0.660. The molecule has 0 N–H and O–H groups in total. The van der Waals surface area contributed by atoms with Crippen molar-refractivity contribution >= 4 is 0 Å². The zero-order valence-corrected chi connectivity index (χ0v) is 58.0. The summed E-state index contributed by atoms with van der Waals surface area (Å²) >= 11 is 0. The quantitative estimate of drug-likeness (QED) is 0.128. The van der Waals surface area contributed by atoms with Crippen LogP contribution in [0.5, 0.6) is 0 Å². The molecule has 0 aliphatic rings. The molecule has 4 aromatic heterocycles. The normalized spacial score (nSPS) is 13.2. The van der Waals surface area contributed by atoms with Crippen molar-refractivity contribution in [3.8, 4) is 101 Å². The van der Waals surface area contributed by atoms with Crippen molar-refractivity contribution in [2.45, 2.75) is 96.6 Å². The van der Waals surface area contributed by atoms with Crippen LogP contribution >= 0.6 is 0 Å². The van der Waals surface area contributed by atoms with Gasteiger partial charge in [0.15, 0.2) is 24.8 Å². The largest absolute Gasteiger partial charge is 0.213 e. The Labute approximate surface area is 590 Å². The Kier molecular flexibility index (Phi) is 17.0. The molecule has 0 bridgehead atoms. The molecule has 0 spiro atoms. The van der Waals surface area contributed by atoms with Crippen LogP contribution in [0, 0.1) is 96.6 Å². The highest BCUT2D eigenvalue weighted by molar-refractivity contribution is 5.81. The smallest absolute Gasteiger partial charge is 0.201 e. The van der Waals surface area contributed by atoms with Crippen LogP contribution < -0.4 is 18.3 Å². The molecule has 480 valence electrons. The van der Waals surface area contributed by atoms with Gasteiger partial charge < -0.3 is 0 Å². The summed E-state index contributed by atoms with van der Waals surface area (Å²) < 4.78 is 104. The number of benzene rings is 9. The SMILES string of the molecule is Cc1cc(-c2cc(-c3ccccc3)c(C)cc2C)[n+](C)cc1C.Cc1ccc(-c2cc(-c3ccccc3)c(C)cc2C)[n+](C)c1.[2H]C([2H])([2H])c1c[n+](C)c(-c2cc(-c3ccccc3)c(C([2H])([2H])[2H])cc2C)cc1C.[2H]C([2H])([2H])c1cc(C)c(-c2cc(-c3ccccc3)c(C([2H])([2H])[2H])c[n+]2C)cc1-c1ccccc1. The van der Waals surface area contributed by atoms with Crippen molar-refractivity contribution in [1.82, 2.24) is 0 Å². The minimum atomic E-state index is -2.28. The first-order valence-corrected chi connectivity index (χ1v) is 32.7. The van der Waals surface area contributed by atoms with Gasteiger partial charge in [-0.25, -0.2) is 18.3 Å². The summed E-state index contributed by atoms with van der Waals surface area (Å²) in [5, 5.41) is 0. The van der Waals surface area contributed by atoms with Crippen LogP contribution in [0.1, 0.15) is 94.3 Å². The van der Waals surface area contributed by atoms with E-state index in [9.17, 15) is 0 Å². The molecule has 0 atom stereocenters. The molecule has 0 amide bonds. The molecule has 4 heterocycles. The monoisotopic (exact) mass is 1270 g/mol. The Hall–Kier alpha value is -10.4. The summed E-state index contributed by atoms with van der Waals surface area (Å²) in [6, 6.07) is 76.6. The molecule has 0 saturated carbocycles. The number of hydrogen-bond donors (Lipinski definition) is 0. The number of pyridine rings is 4. The van der Waals surface area contributed by atoms with E-state index in [2.05, 4.69) is 187 Å². The fraction of sp³-hybridized carbons (Fsp3) is 0.196. The van der Waals surface area contributed by atoms with Crippen molar-refractivity contribution in [2.24, 2.45) is 28.2 Å². The van der Waals surface area contributed by atoms with Gasteiger partial charge in [-0.1, -0.05) is 176 Å². The van der Waals surface area contributed by atoms with Gasteiger partial charge in [-0.2, -0.15) is 0 Å². The first-order valence-electron chi connectivity index (χ1n) is 38.7. The summed E-state index contributed by atoms with van der Waals surface area (Å²) in [6.45, 7) is 11.8. The van der Waals surface area contributed by atoms with Crippen LogP contribution in [0.2, 0.25) is 0 Å². The molecule has 96 heavy (non-hydrogen) atoms. The lowest BCUT2D eigenvalue weighted by Gasteiger charge is -2.13. The third kappa shape index (κ3) is 15.7. The highest BCUT2D eigenvalue weighted by Gasteiger charge is 2.22. The Morgan fingerprint density at radius 2 is 0.458 bits per heavy atom. The first kappa shape index (κ1) is 53.9. The summed E-state index contributed by atoms with van der Waals surface area (Å²) in [4.78, 5) is 0. The van der Waals surface area contributed by atoms with Crippen LogP contribution in [0.25, 0.3) is 101 Å². The Morgan fingerprint density at radius 1 is 0.198 bits per heavy atom. The zero-order chi connectivity index (χ0) is 78.5. The number of rotatable bonds is 9. The van der Waals surface area contributed by atoms with Gasteiger partial charge in [0.2, 0.25) is 22.8 Å².